The van der Waals surface area contributed by atoms with Crippen molar-refractivity contribution in [2.24, 2.45) is 12.0 Å². The van der Waals surface area contributed by atoms with Gasteiger partial charge in [-0.15, -0.1) is 11.8 Å². The first-order valence-corrected chi connectivity index (χ1v) is 11.0. The summed E-state index contributed by atoms with van der Waals surface area (Å²) in [7, 11) is 1.58. The molecular formula is C19H18N6O2S2. The first kappa shape index (κ1) is 19.5. The zero-order valence-electron chi connectivity index (χ0n) is 16.1. The number of aromatic nitrogens is 5. The highest BCUT2D eigenvalue weighted by Gasteiger charge is 2.15. The van der Waals surface area contributed by atoms with E-state index in [4.69, 9.17) is 4.52 Å². The van der Waals surface area contributed by atoms with Crippen molar-refractivity contribution in [2.75, 3.05) is 6.26 Å². The highest BCUT2D eigenvalue weighted by atomic mass is 32.2. The molecule has 0 saturated heterocycles. The summed E-state index contributed by atoms with van der Waals surface area (Å²) in [5.41, 5.74) is 3.23. The first-order chi connectivity index (χ1) is 14.1. The predicted octanol–water partition coefficient (Wildman–Crippen LogP) is 3.70. The van der Waals surface area contributed by atoms with Gasteiger partial charge in [0.1, 0.15) is 4.38 Å². The lowest BCUT2D eigenvalue weighted by Crippen LogP contribution is -2.23. The third-order valence-corrected chi connectivity index (χ3v) is 6.47. The zero-order chi connectivity index (χ0) is 20.4. The van der Waals surface area contributed by atoms with Gasteiger partial charge >= 0.3 is 5.69 Å². The number of benzene rings is 2. The number of hydrogen-bond donors (Lipinski definition) is 0. The maximum atomic E-state index is 12.3. The van der Waals surface area contributed by atoms with E-state index in [1.807, 2.05) is 55.6 Å². The average molecular weight is 427 g/mol. The molecule has 0 N–H and O–H groups in total. The van der Waals surface area contributed by atoms with Crippen molar-refractivity contribution in [1.82, 2.24) is 24.9 Å². The molecule has 0 spiro atoms. The van der Waals surface area contributed by atoms with E-state index in [0.717, 1.165) is 26.6 Å². The van der Waals surface area contributed by atoms with Crippen molar-refractivity contribution < 1.29 is 4.52 Å². The van der Waals surface area contributed by atoms with Gasteiger partial charge in [0.15, 0.2) is 5.58 Å². The van der Waals surface area contributed by atoms with Crippen LogP contribution in [-0.4, -0.2) is 35.6 Å². The molecule has 0 bridgehead atoms. The topological polar surface area (TPSA) is 91.1 Å². The van der Waals surface area contributed by atoms with Gasteiger partial charge in [-0.05, 0) is 52.9 Å². The van der Waals surface area contributed by atoms with Crippen LogP contribution in [0.4, 0.5) is 5.82 Å². The number of nitrogens with zero attached hydrogens (tertiary/aromatic N) is 6. The Labute approximate surface area is 175 Å². The predicted molar refractivity (Wildman–Crippen MR) is 117 cm³/mol. The molecule has 0 unspecified atom stereocenters. The summed E-state index contributed by atoms with van der Waals surface area (Å²) >= 11 is 3.12. The molecule has 10 heteroatoms. The van der Waals surface area contributed by atoms with Gasteiger partial charge in [0.2, 0.25) is 5.82 Å². The minimum absolute atomic E-state index is 0.283. The Hall–Kier alpha value is -2.85. The summed E-state index contributed by atoms with van der Waals surface area (Å²) in [5.74, 6) is 1.19. The molecule has 2 aromatic carbocycles. The Bertz CT molecular complexity index is 1260. The second-order valence-corrected chi connectivity index (χ2v) is 8.26. The van der Waals surface area contributed by atoms with E-state index in [1.54, 1.807) is 30.6 Å². The van der Waals surface area contributed by atoms with Crippen molar-refractivity contribution in [3.8, 4) is 5.69 Å². The fourth-order valence-electron chi connectivity index (χ4n) is 2.85. The largest absolute Gasteiger partial charge is 0.368 e. The summed E-state index contributed by atoms with van der Waals surface area (Å²) < 4.78 is 8.72. The average Bonchev–Trinajstić information content (AvgIpc) is 3.29. The molecule has 8 nitrogen and oxygen atoms in total. The summed E-state index contributed by atoms with van der Waals surface area (Å²) in [6, 6.07) is 13.4. The number of para-hydroxylation sites is 1. The van der Waals surface area contributed by atoms with Crippen molar-refractivity contribution in [3.05, 3.63) is 64.1 Å². The van der Waals surface area contributed by atoms with Crippen molar-refractivity contribution >= 4 is 44.7 Å². The van der Waals surface area contributed by atoms with Crippen molar-refractivity contribution in [2.45, 2.75) is 12.7 Å². The van der Waals surface area contributed by atoms with Gasteiger partial charge in [0, 0.05) is 12.8 Å². The zero-order valence-corrected chi connectivity index (χ0v) is 17.7. The first-order valence-electron chi connectivity index (χ1n) is 8.76. The summed E-state index contributed by atoms with van der Waals surface area (Å²) in [4.78, 5) is 17.0. The van der Waals surface area contributed by atoms with Crippen molar-refractivity contribution in [1.29, 1.82) is 0 Å². The minimum Gasteiger partial charge on any atom is -0.354 e. The van der Waals surface area contributed by atoms with Gasteiger partial charge < -0.3 is 4.52 Å². The maximum absolute atomic E-state index is 12.3. The van der Waals surface area contributed by atoms with E-state index in [-0.39, 0.29) is 5.69 Å². The van der Waals surface area contributed by atoms with Crippen LogP contribution >= 0.6 is 23.5 Å². The number of fused-ring (bicyclic) bond motifs is 1. The molecule has 0 radical (unpaired) electrons. The molecule has 29 heavy (non-hydrogen) atoms. The highest BCUT2D eigenvalue weighted by molar-refractivity contribution is 8.38. The van der Waals surface area contributed by atoms with Gasteiger partial charge in [0.05, 0.1) is 11.1 Å². The van der Waals surface area contributed by atoms with Crippen LogP contribution in [0.2, 0.25) is 0 Å². The number of hydrogen-bond acceptors (Lipinski definition) is 8. The lowest BCUT2D eigenvalue weighted by atomic mass is 10.1. The standard InChI is InChI=1S/C19H18N6O2S2/c1-12-7-6-9-15(25-19(26)24(2)22-23-25)14(12)11-29-18(28-3)20-17-13-8-4-5-10-16(13)27-21-17/h4-10H,11H2,1-3H3. The molecule has 0 saturated carbocycles. The minimum atomic E-state index is -0.283. The van der Waals surface area contributed by atoms with Crippen LogP contribution in [0.1, 0.15) is 11.1 Å². The molecule has 0 aliphatic carbocycles. The molecule has 0 atom stereocenters. The lowest BCUT2D eigenvalue weighted by molar-refractivity contribution is 0.459. The molecule has 4 rings (SSSR count). The van der Waals surface area contributed by atoms with Gasteiger partial charge in [-0.25, -0.2) is 9.79 Å². The van der Waals surface area contributed by atoms with Crippen LogP contribution in [0, 0.1) is 6.92 Å². The number of tetrazole rings is 1. The Balaban J connectivity index is 1.64. The smallest absolute Gasteiger partial charge is 0.354 e. The number of aliphatic imine (C=N–C) groups is 1. The highest BCUT2D eigenvalue weighted by Crippen LogP contribution is 2.30. The van der Waals surface area contributed by atoms with E-state index in [0.29, 0.717) is 17.2 Å². The Morgan fingerprint density at radius 3 is 2.76 bits per heavy atom. The fraction of sp³-hybridized carbons (Fsp3) is 0.211. The molecule has 2 aromatic heterocycles. The van der Waals surface area contributed by atoms with E-state index in [9.17, 15) is 4.79 Å². The lowest BCUT2D eigenvalue weighted by Gasteiger charge is -2.11. The maximum Gasteiger partial charge on any atom is 0.368 e. The van der Waals surface area contributed by atoms with E-state index >= 15 is 0 Å². The van der Waals surface area contributed by atoms with E-state index in [1.165, 1.54) is 9.36 Å². The van der Waals surface area contributed by atoms with Crippen LogP contribution < -0.4 is 5.69 Å². The Morgan fingerprint density at radius 2 is 2.00 bits per heavy atom. The van der Waals surface area contributed by atoms with Gasteiger partial charge in [-0.1, -0.05) is 41.2 Å². The van der Waals surface area contributed by atoms with Crippen LogP contribution in [0.25, 0.3) is 16.7 Å². The molecule has 0 aliphatic rings. The Morgan fingerprint density at radius 1 is 1.17 bits per heavy atom. The van der Waals surface area contributed by atoms with Gasteiger partial charge in [-0.2, -0.15) is 9.36 Å². The Kier molecular flexibility index (Phi) is 5.54. The number of thioether (sulfide) groups is 2. The van der Waals surface area contributed by atoms with Gasteiger partial charge in [0.25, 0.3) is 0 Å². The van der Waals surface area contributed by atoms with Crippen LogP contribution in [0.3, 0.4) is 0 Å². The second-order valence-electron chi connectivity index (χ2n) is 6.24. The van der Waals surface area contributed by atoms with E-state index in [2.05, 4.69) is 20.6 Å². The van der Waals surface area contributed by atoms with Crippen LogP contribution in [0.5, 0.6) is 0 Å². The molecule has 0 aliphatic heterocycles. The van der Waals surface area contributed by atoms with Crippen LogP contribution in [0.15, 0.2) is 56.8 Å². The van der Waals surface area contributed by atoms with Crippen LogP contribution in [-0.2, 0) is 12.8 Å². The summed E-state index contributed by atoms with van der Waals surface area (Å²) in [5, 5.41) is 12.8. The third-order valence-electron chi connectivity index (χ3n) is 4.41. The summed E-state index contributed by atoms with van der Waals surface area (Å²) in [6.45, 7) is 2.02. The number of aryl methyl sites for hydroxylation is 2. The fourth-order valence-corrected chi connectivity index (χ4v) is 4.47. The molecule has 0 amide bonds. The van der Waals surface area contributed by atoms with Gasteiger partial charge in [-0.3, -0.25) is 0 Å². The third kappa shape index (κ3) is 3.85. The monoisotopic (exact) mass is 426 g/mol. The quantitative estimate of drug-likeness (QED) is 0.363. The molecule has 0 fully saturated rings. The number of rotatable bonds is 4. The molecule has 4 aromatic rings. The SMILES string of the molecule is CSC(=Nc1noc2ccccc12)SCc1c(C)cccc1-n1nnn(C)c1=O. The molecule has 148 valence electrons. The molecular weight excluding hydrogens is 408 g/mol. The molecule has 2 heterocycles. The second kappa shape index (κ2) is 8.26. The van der Waals surface area contributed by atoms with E-state index < -0.39 is 0 Å². The summed E-state index contributed by atoms with van der Waals surface area (Å²) in [6.07, 6.45) is 1.97. The van der Waals surface area contributed by atoms with Crippen molar-refractivity contribution in [3.63, 3.8) is 0 Å². The normalized spacial score (nSPS) is 12.0.